The van der Waals surface area contributed by atoms with E-state index in [2.05, 4.69) is 0 Å². The van der Waals surface area contributed by atoms with Gasteiger partial charge in [0.25, 0.3) is 5.91 Å². The summed E-state index contributed by atoms with van der Waals surface area (Å²) in [6.07, 6.45) is 1.46. The number of hydrogen-bond acceptors (Lipinski definition) is 3. The molecule has 3 aliphatic rings. The topological polar surface area (TPSA) is 64.2 Å². The quantitative estimate of drug-likeness (QED) is 0.700. The molecule has 8 heteroatoms. The van der Waals surface area contributed by atoms with Crippen LogP contribution in [0.3, 0.4) is 0 Å². The van der Waals surface area contributed by atoms with Crippen molar-refractivity contribution in [2.45, 2.75) is 18.4 Å². The number of piperidine rings is 1. The van der Waals surface area contributed by atoms with E-state index in [1.807, 2.05) is 16.8 Å². The second-order valence-electron chi connectivity index (χ2n) is 8.60. The van der Waals surface area contributed by atoms with Crippen molar-refractivity contribution in [3.8, 4) is 0 Å². The predicted molar refractivity (Wildman–Crippen MR) is 110 cm³/mol. The van der Waals surface area contributed by atoms with Crippen molar-refractivity contribution in [3.63, 3.8) is 0 Å². The largest absolute Gasteiger partial charge is 0.339 e. The third-order valence-corrected chi connectivity index (χ3v) is 7.20. The first kappa shape index (κ1) is 20.0. The molecule has 0 saturated carbocycles. The van der Waals surface area contributed by atoms with Gasteiger partial charge in [0.2, 0.25) is 5.91 Å². The van der Waals surface area contributed by atoms with Gasteiger partial charge in [-0.25, -0.2) is 4.79 Å². The summed E-state index contributed by atoms with van der Waals surface area (Å²) in [5, 5.41) is 0.546. The van der Waals surface area contributed by atoms with E-state index < -0.39 is 0 Å². The van der Waals surface area contributed by atoms with E-state index in [1.54, 1.807) is 48.2 Å². The first-order valence-corrected chi connectivity index (χ1v) is 10.4. The Bertz CT molecular complexity index is 850. The summed E-state index contributed by atoms with van der Waals surface area (Å²) in [6, 6.07) is 6.96. The average Bonchev–Trinajstić information content (AvgIpc) is 3.23. The van der Waals surface area contributed by atoms with Gasteiger partial charge in [0.15, 0.2) is 0 Å². The number of hydrogen-bond donors (Lipinski definition) is 0. The third kappa shape index (κ3) is 3.16. The summed E-state index contributed by atoms with van der Waals surface area (Å²) in [6.45, 7) is 2.26. The molecule has 4 rings (SSSR count). The number of halogens is 1. The van der Waals surface area contributed by atoms with Crippen molar-refractivity contribution in [2.75, 3.05) is 47.3 Å². The molecular weight excluding hydrogens is 392 g/mol. The van der Waals surface area contributed by atoms with E-state index >= 15 is 0 Å². The molecule has 0 unspecified atom stereocenters. The molecule has 4 amide bonds. The lowest BCUT2D eigenvalue weighted by molar-refractivity contribution is -0.133. The predicted octanol–water partition coefficient (Wildman–Crippen LogP) is 2.02. The van der Waals surface area contributed by atoms with Crippen molar-refractivity contribution < 1.29 is 14.4 Å². The first-order chi connectivity index (χ1) is 13.7. The highest BCUT2D eigenvalue weighted by Gasteiger charge is 2.61. The van der Waals surface area contributed by atoms with Crippen molar-refractivity contribution in [1.29, 1.82) is 0 Å². The summed E-state index contributed by atoms with van der Waals surface area (Å²) in [5.74, 6) is 0.0757. The molecule has 0 radical (unpaired) electrons. The fraction of sp³-hybridized carbons (Fsp3) is 0.571. The van der Waals surface area contributed by atoms with Gasteiger partial charge < -0.3 is 19.6 Å². The van der Waals surface area contributed by atoms with Crippen LogP contribution in [0.1, 0.15) is 23.2 Å². The van der Waals surface area contributed by atoms with Gasteiger partial charge in [0, 0.05) is 63.8 Å². The van der Waals surface area contributed by atoms with Gasteiger partial charge in [-0.05, 0) is 31.0 Å². The lowest BCUT2D eigenvalue weighted by atomic mass is 9.75. The molecule has 2 atom stereocenters. The van der Waals surface area contributed by atoms with Crippen molar-refractivity contribution in [1.82, 2.24) is 19.6 Å². The molecule has 3 heterocycles. The van der Waals surface area contributed by atoms with Crippen molar-refractivity contribution in [2.24, 2.45) is 11.8 Å². The number of benzene rings is 1. The molecule has 0 bridgehead atoms. The van der Waals surface area contributed by atoms with Crippen LogP contribution in [0.5, 0.6) is 0 Å². The van der Waals surface area contributed by atoms with E-state index in [0.717, 1.165) is 12.8 Å². The molecule has 0 aromatic heterocycles. The van der Waals surface area contributed by atoms with Gasteiger partial charge in [0.05, 0.1) is 11.5 Å². The molecule has 7 nitrogen and oxygen atoms in total. The van der Waals surface area contributed by atoms with Crippen LogP contribution in [0.15, 0.2) is 24.3 Å². The van der Waals surface area contributed by atoms with E-state index in [9.17, 15) is 14.4 Å². The molecule has 3 fully saturated rings. The highest BCUT2D eigenvalue weighted by atomic mass is 35.5. The molecule has 1 aromatic carbocycles. The fourth-order valence-electron chi connectivity index (χ4n) is 5.36. The molecular formula is C21H27ClN4O3. The molecule has 1 spiro atoms. The number of carbonyl (C=O) groups is 3. The molecule has 29 heavy (non-hydrogen) atoms. The number of nitrogens with zero attached hydrogens (tertiary/aromatic N) is 4. The fourth-order valence-corrected chi connectivity index (χ4v) is 5.55. The average molecular weight is 419 g/mol. The first-order valence-electron chi connectivity index (χ1n) is 10.0. The summed E-state index contributed by atoms with van der Waals surface area (Å²) >= 11 is 6.03. The Hall–Kier alpha value is -2.28. The van der Waals surface area contributed by atoms with Crippen LogP contribution in [0.2, 0.25) is 5.02 Å². The number of likely N-dealkylation sites (tertiary alicyclic amines) is 3. The maximum absolute atomic E-state index is 13.0. The van der Waals surface area contributed by atoms with E-state index in [1.165, 1.54) is 0 Å². The maximum Gasteiger partial charge on any atom is 0.319 e. The number of amides is 4. The van der Waals surface area contributed by atoms with Gasteiger partial charge in [-0.2, -0.15) is 0 Å². The minimum absolute atomic E-state index is 0.0262. The van der Waals surface area contributed by atoms with E-state index in [0.29, 0.717) is 36.8 Å². The van der Waals surface area contributed by atoms with Crippen LogP contribution in [-0.2, 0) is 4.79 Å². The van der Waals surface area contributed by atoms with Crippen LogP contribution < -0.4 is 0 Å². The third-order valence-electron chi connectivity index (χ3n) is 6.97. The van der Waals surface area contributed by atoms with Crippen LogP contribution >= 0.6 is 11.6 Å². The normalized spacial score (nSPS) is 25.5. The Labute approximate surface area is 176 Å². The zero-order valence-corrected chi connectivity index (χ0v) is 17.9. The van der Waals surface area contributed by atoms with Gasteiger partial charge in [-0.3, -0.25) is 9.59 Å². The molecule has 3 saturated heterocycles. The van der Waals surface area contributed by atoms with Gasteiger partial charge in [0.1, 0.15) is 0 Å². The Morgan fingerprint density at radius 1 is 1.14 bits per heavy atom. The lowest BCUT2D eigenvalue weighted by Gasteiger charge is -2.46. The van der Waals surface area contributed by atoms with Gasteiger partial charge in [-0.15, -0.1) is 0 Å². The van der Waals surface area contributed by atoms with E-state index in [-0.39, 0.29) is 35.2 Å². The van der Waals surface area contributed by atoms with Crippen LogP contribution in [0.4, 0.5) is 4.79 Å². The smallest absolute Gasteiger partial charge is 0.319 e. The second kappa shape index (κ2) is 7.20. The highest BCUT2D eigenvalue weighted by Crippen LogP contribution is 2.49. The molecule has 156 valence electrons. The minimum atomic E-state index is -0.284. The van der Waals surface area contributed by atoms with Gasteiger partial charge in [-0.1, -0.05) is 17.7 Å². The second-order valence-corrected chi connectivity index (χ2v) is 9.03. The minimum Gasteiger partial charge on any atom is -0.339 e. The number of carbonyl (C=O) groups excluding carboxylic acids is 3. The van der Waals surface area contributed by atoms with E-state index in [4.69, 9.17) is 11.6 Å². The summed E-state index contributed by atoms with van der Waals surface area (Å²) < 4.78 is 0. The molecule has 0 N–H and O–H groups in total. The highest BCUT2D eigenvalue weighted by molar-refractivity contribution is 6.30. The Morgan fingerprint density at radius 3 is 2.45 bits per heavy atom. The lowest BCUT2D eigenvalue weighted by Crippen LogP contribution is -2.57. The SMILES string of the molecule is CN(C)C(=O)N1C[C@@H]2C(=O)N(C)C3(CCN(C(=O)c4cccc(Cl)c4)CC3)[C@@H]2C1. The van der Waals surface area contributed by atoms with Crippen molar-refractivity contribution in [3.05, 3.63) is 34.9 Å². The molecule has 3 aliphatic heterocycles. The summed E-state index contributed by atoms with van der Waals surface area (Å²) in [4.78, 5) is 45.4. The standard InChI is InChI=1S/C21H27ClN4O3/c1-23(2)20(29)26-12-16-17(13-26)21(24(3)19(16)28)7-9-25(10-8-21)18(27)14-5-4-6-15(22)11-14/h4-6,11,16-17H,7-10,12-13H2,1-3H3/t16-,17+/m0/s1. The Morgan fingerprint density at radius 2 is 1.83 bits per heavy atom. The summed E-state index contributed by atoms with van der Waals surface area (Å²) in [5.41, 5.74) is 0.305. The number of urea groups is 1. The van der Waals surface area contributed by atoms with Crippen LogP contribution in [-0.4, -0.2) is 90.3 Å². The number of rotatable bonds is 1. The number of fused-ring (bicyclic) bond motifs is 2. The molecule has 1 aromatic rings. The zero-order valence-electron chi connectivity index (χ0n) is 17.1. The zero-order chi connectivity index (χ0) is 20.9. The monoisotopic (exact) mass is 418 g/mol. The Balaban J connectivity index is 1.50. The van der Waals surface area contributed by atoms with Crippen molar-refractivity contribution >= 4 is 29.4 Å². The van der Waals surface area contributed by atoms with Gasteiger partial charge >= 0.3 is 6.03 Å². The Kier molecular flexibility index (Phi) is 4.97. The molecule has 0 aliphatic carbocycles. The maximum atomic E-state index is 13.0. The van der Waals surface area contributed by atoms with Crippen LogP contribution in [0.25, 0.3) is 0 Å². The summed E-state index contributed by atoms with van der Waals surface area (Å²) in [7, 11) is 5.35. The van der Waals surface area contributed by atoms with Crippen LogP contribution in [0, 0.1) is 11.8 Å².